The molecule has 2 fully saturated rings. The lowest BCUT2D eigenvalue weighted by Gasteiger charge is -2.34. The van der Waals surface area contributed by atoms with Crippen molar-refractivity contribution in [1.29, 1.82) is 0 Å². The van der Waals surface area contributed by atoms with E-state index in [0.717, 1.165) is 0 Å². The van der Waals surface area contributed by atoms with E-state index >= 15 is 0 Å². The first-order valence-electron chi connectivity index (χ1n) is 9.27. The number of aromatic nitrogens is 2. The quantitative estimate of drug-likeness (QED) is 0.778. The minimum Gasteiger partial charge on any atom is -0.266 e. The molecule has 152 valence electrons. The Morgan fingerprint density at radius 3 is 2.52 bits per heavy atom. The molecular formula is C17H24Cl2FN3O3S. The van der Waals surface area contributed by atoms with Gasteiger partial charge in [0, 0.05) is 6.04 Å². The highest BCUT2D eigenvalue weighted by atomic mass is 35.5. The van der Waals surface area contributed by atoms with Gasteiger partial charge in [-0.15, -0.1) is 0 Å². The molecule has 2 aliphatic carbocycles. The predicted octanol–water partition coefficient (Wildman–Crippen LogP) is 3.48. The van der Waals surface area contributed by atoms with Crippen LogP contribution in [0, 0.1) is 5.92 Å². The van der Waals surface area contributed by atoms with Crippen molar-refractivity contribution in [3.05, 3.63) is 26.6 Å². The Balaban J connectivity index is 1.64. The van der Waals surface area contributed by atoms with Crippen molar-refractivity contribution in [2.45, 2.75) is 75.4 Å². The number of sulfonamides is 1. The number of rotatable bonds is 4. The van der Waals surface area contributed by atoms with Gasteiger partial charge in [-0.1, -0.05) is 30.1 Å². The van der Waals surface area contributed by atoms with Crippen LogP contribution in [0.3, 0.4) is 0 Å². The van der Waals surface area contributed by atoms with Gasteiger partial charge in [-0.05, 0) is 50.9 Å². The van der Waals surface area contributed by atoms with Crippen LogP contribution < -0.4 is 10.3 Å². The molecule has 0 radical (unpaired) electrons. The fourth-order valence-electron chi connectivity index (χ4n) is 4.03. The second-order valence-corrected chi connectivity index (χ2v) is 10.4. The summed E-state index contributed by atoms with van der Waals surface area (Å²) >= 11 is 11.7. The molecule has 27 heavy (non-hydrogen) atoms. The molecule has 10 heteroatoms. The van der Waals surface area contributed by atoms with Gasteiger partial charge in [0.05, 0.1) is 22.5 Å². The lowest BCUT2D eigenvalue weighted by Crippen LogP contribution is -2.48. The molecule has 2 aliphatic rings. The molecule has 1 heterocycles. The highest BCUT2D eigenvalue weighted by Gasteiger charge is 2.36. The number of alkyl halides is 1. The van der Waals surface area contributed by atoms with Crippen LogP contribution in [0.4, 0.5) is 4.39 Å². The summed E-state index contributed by atoms with van der Waals surface area (Å²) in [6.07, 6.45) is 3.63. The van der Waals surface area contributed by atoms with Crippen molar-refractivity contribution in [1.82, 2.24) is 14.5 Å². The van der Waals surface area contributed by atoms with Gasteiger partial charge in [-0.25, -0.2) is 22.2 Å². The van der Waals surface area contributed by atoms with Gasteiger partial charge in [0.25, 0.3) is 5.56 Å². The molecule has 0 amide bonds. The van der Waals surface area contributed by atoms with E-state index in [-0.39, 0.29) is 34.5 Å². The van der Waals surface area contributed by atoms with E-state index in [9.17, 15) is 17.6 Å². The largest absolute Gasteiger partial charge is 0.287 e. The summed E-state index contributed by atoms with van der Waals surface area (Å²) in [6.45, 7) is 1.96. The molecular weight excluding hydrogens is 416 g/mol. The molecule has 0 spiro atoms. The minimum absolute atomic E-state index is 0.0739. The van der Waals surface area contributed by atoms with E-state index in [4.69, 9.17) is 23.2 Å². The summed E-state index contributed by atoms with van der Waals surface area (Å²) in [5.74, 6) is 0.127. The van der Waals surface area contributed by atoms with Gasteiger partial charge in [-0.3, -0.25) is 4.79 Å². The van der Waals surface area contributed by atoms with Crippen molar-refractivity contribution in [3.8, 4) is 0 Å². The average Bonchev–Trinajstić information content (AvgIpc) is 2.63. The Morgan fingerprint density at radius 2 is 1.85 bits per heavy atom. The highest BCUT2D eigenvalue weighted by Crippen LogP contribution is 2.33. The van der Waals surface area contributed by atoms with Crippen molar-refractivity contribution >= 4 is 33.2 Å². The van der Waals surface area contributed by atoms with Crippen LogP contribution in [-0.2, 0) is 10.0 Å². The lowest BCUT2D eigenvalue weighted by molar-refractivity contribution is 0.183. The highest BCUT2D eigenvalue weighted by molar-refractivity contribution is 7.90. The fraction of sp³-hybridized carbons (Fsp3) is 0.765. The third kappa shape index (κ3) is 4.66. The molecule has 3 unspecified atom stereocenters. The van der Waals surface area contributed by atoms with E-state index in [1.807, 2.05) is 6.92 Å². The lowest BCUT2D eigenvalue weighted by atomic mass is 9.85. The van der Waals surface area contributed by atoms with Crippen molar-refractivity contribution < 1.29 is 12.8 Å². The fourth-order valence-corrected chi connectivity index (χ4v) is 6.12. The van der Waals surface area contributed by atoms with E-state index in [0.29, 0.717) is 38.5 Å². The number of hydrogen-bond donors (Lipinski definition) is 1. The molecule has 3 rings (SSSR count). The predicted molar refractivity (Wildman–Crippen MR) is 104 cm³/mol. The van der Waals surface area contributed by atoms with Crippen LogP contribution in [0.5, 0.6) is 0 Å². The summed E-state index contributed by atoms with van der Waals surface area (Å²) in [4.78, 5) is 12.2. The maximum Gasteiger partial charge on any atom is 0.287 e. The van der Waals surface area contributed by atoms with Crippen LogP contribution >= 0.6 is 23.2 Å². The Hall–Kier alpha value is -0.700. The van der Waals surface area contributed by atoms with E-state index in [1.165, 1.54) is 10.9 Å². The van der Waals surface area contributed by atoms with Crippen LogP contribution in [0.2, 0.25) is 10.0 Å². The normalized spacial score (nSPS) is 32.4. The zero-order valence-corrected chi connectivity index (χ0v) is 17.4. The average molecular weight is 440 g/mol. The number of halogens is 3. The molecule has 2 saturated carbocycles. The first kappa shape index (κ1) is 21.0. The van der Waals surface area contributed by atoms with Crippen molar-refractivity contribution in [2.24, 2.45) is 5.92 Å². The van der Waals surface area contributed by atoms with Crippen molar-refractivity contribution in [2.75, 3.05) is 0 Å². The van der Waals surface area contributed by atoms with Crippen LogP contribution in [-0.4, -0.2) is 35.7 Å². The third-order valence-corrected chi connectivity index (χ3v) is 8.51. The molecule has 0 aliphatic heterocycles. The van der Waals surface area contributed by atoms with E-state index in [1.54, 1.807) is 0 Å². The third-order valence-electron chi connectivity index (χ3n) is 5.78. The summed E-state index contributed by atoms with van der Waals surface area (Å²) in [5, 5.41) is 3.53. The molecule has 1 N–H and O–H groups in total. The molecule has 6 nitrogen and oxygen atoms in total. The Bertz CT molecular complexity index is 840. The van der Waals surface area contributed by atoms with E-state index in [2.05, 4.69) is 9.82 Å². The molecule has 0 saturated heterocycles. The first-order valence-corrected chi connectivity index (χ1v) is 11.6. The van der Waals surface area contributed by atoms with Crippen LogP contribution in [0.1, 0.15) is 57.9 Å². The summed E-state index contributed by atoms with van der Waals surface area (Å²) < 4.78 is 43.2. The zero-order chi connectivity index (χ0) is 19.8. The standard InChI is InChI=1S/C17H24Cl2FN3O3S/c1-10-2-3-11(20)8-15(10)22-27(25,26)13-6-4-12(5-7-13)23-17(24)16(19)14(18)9-21-23/h9-13,15,22H,2-8H2,1H3. The molecule has 0 aromatic carbocycles. The maximum atomic E-state index is 13.7. The van der Waals surface area contributed by atoms with Crippen molar-refractivity contribution in [3.63, 3.8) is 0 Å². The van der Waals surface area contributed by atoms with Gasteiger partial charge >= 0.3 is 0 Å². The van der Waals surface area contributed by atoms with Gasteiger partial charge in [0.2, 0.25) is 10.0 Å². The SMILES string of the molecule is CC1CCC(F)CC1NS(=O)(=O)C1CCC(n2ncc(Cl)c(Cl)c2=O)CC1. The summed E-state index contributed by atoms with van der Waals surface area (Å²) in [5.41, 5.74) is -0.460. The Morgan fingerprint density at radius 1 is 1.19 bits per heavy atom. The van der Waals surface area contributed by atoms with Gasteiger partial charge in [0.15, 0.2) is 0 Å². The monoisotopic (exact) mass is 439 g/mol. The van der Waals surface area contributed by atoms with Gasteiger partial charge in [0.1, 0.15) is 11.2 Å². The maximum absolute atomic E-state index is 13.7. The topological polar surface area (TPSA) is 81.1 Å². The van der Waals surface area contributed by atoms with Gasteiger partial charge in [-0.2, -0.15) is 5.10 Å². The molecule has 1 aromatic heterocycles. The molecule has 1 aromatic rings. The number of nitrogens with zero attached hydrogens (tertiary/aromatic N) is 2. The second kappa shape index (κ2) is 8.35. The Labute approximate surface area is 168 Å². The minimum atomic E-state index is -3.54. The first-order chi connectivity index (χ1) is 12.7. The summed E-state index contributed by atoms with van der Waals surface area (Å²) in [6, 6.07) is -0.557. The number of nitrogens with one attached hydrogen (secondary N) is 1. The Kier molecular flexibility index (Phi) is 6.50. The van der Waals surface area contributed by atoms with E-state index < -0.39 is 27.0 Å². The molecule has 0 bridgehead atoms. The summed E-state index contributed by atoms with van der Waals surface area (Å²) in [7, 11) is -3.54. The smallest absolute Gasteiger partial charge is 0.266 e. The zero-order valence-electron chi connectivity index (χ0n) is 15.1. The van der Waals surface area contributed by atoms with Crippen LogP contribution in [0.25, 0.3) is 0 Å². The van der Waals surface area contributed by atoms with Crippen LogP contribution in [0.15, 0.2) is 11.0 Å². The molecule has 3 atom stereocenters. The number of hydrogen-bond acceptors (Lipinski definition) is 4. The second-order valence-electron chi connectivity index (χ2n) is 7.64. The van der Waals surface area contributed by atoms with Gasteiger partial charge < -0.3 is 0 Å².